The lowest BCUT2D eigenvalue weighted by Gasteiger charge is -2.13. The van der Waals surface area contributed by atoms with E-state index in [4.69, 9.17) is 11.6 Å². The van der Waals surface area contributed by atoms with Crippen molar-refractivity contribution in [2.75, 3.05) is 5.75 Å². The molecular formula is C23H16BrClN4O2S. The largest absolute Gasteiger partial charge is 0.272 e. The van der Waals surface area contributed by atoms with Gasteiger partial charge >= 0.3 is 0 Å². The molecular weight excluding hydrogens is 512 g/mol. The van der Waals surface area contributed by atoms with Crippen molar-refractivity contribution in [3.8, 4) is 5.69 Å². The number of para-hydroxylation sites is 1. The van der Waals surface area contributed by atoms with Gasteiger partial charge in [0.05, 0.1) is 28.6 Å². The normalized spacial score (nSPS) is 11.2. The van der Waals surface area contributed by atoms with Gasteiger partial charge in [0.15, 0.2) is 5.16 Å². The Morgan fingerprint density at radius 1 is 1.09 bits per heavy atom. The molecule has 0 aliphatic rings. The average Bonchev–Trinajstić information content (AvgIpc) is 2.80. The second kappa shape index (κ2) is 10.1. The number of carbonyl (C=O) groups is 1. The van der Waals surface area contributed by atoms with E-state index in [0.29, 0.717) is 26.8 Å². The zero-order valence-corrected chi connectivity index (χ0v) is 19.7. The maximum atomic E-state index is 13.2. The zero-order chi connectivity index (χ0) is 22.5. The van der Waals surface area contributed by atoms with Crippen molar-refractivity contribution in [2.24, 2.45) is 5.10 Å². The maximum absolute atomic E-state index is 13.2. The third-order valence-electron chi connectivity index (χ3n) is 4.46. The predicted octanol–water partition coefficient (Wildman–Crippen LogP) is 5.04. The van der Waals surface area contributed by atoms with Crippen molar-refractivity contribution in [3.05, 3.63) is 98.2 Å². The summed E-state index contributed by atoms with van der Waals surface area (Å²) in [5.41, 5.74) is 4.31. The number of hydrogen-bond donors (Lipinski definition) is 1. The number of fused-ring (bicyclic) bond motifs is 1. The summed E-state index contributed by atoms with van der Waals surface area (Å²) in [7, 11) is 0. The molecule has 0 fully saturated rings. The van der Waals surface area contributed by atoms with E-state index in [1.165, 1.54) is 4.57 Å². The predicted molar refractivity (Wildman–Crippen MR) is 133 cm³/mol. The molecule has 9 heteroatoms. The van der Waals surface area contributed by atoms with Crippen LogP contribution < -0.4 is 11.0 Å². The number of aromatic nitrogens is 2. The van der Waals surface area contributed by atoms with E-state index in [1.54, 1.807) is 48.7 Å². The first-order valence-electron chi connectivity index (χ1n) is 9.50. The van der Waals surface area contributed by atoms with Gasteiger partial charge in [-0.3, -0.25) is 14.2 Å². The highest BCUT2D eigenvalue weighted by Crippen LogP contribution is 2.22. The first kappa shape index (κ1) is 22.3. The van der Waals surface area contributed by atoms with E-state index in [2.05, 4.69) is 31.4 Å². The van der Waals surface area contributed by atoms with Crippen LogP contribution in [0.5, 0.6) is 0 Å². The fourth-order valence-corrected chi connectivity index (χ4v) is 4.26. The molecule has 0 saturated carbocycles. The van der Waals surface area contributed by atoms with Crippen LogP contribution in [-0.2, 0) is 4.79 Å². The summed E-state index contributed by atoms with van der Waals surface area (Å²) >= 11 is 10.6. The van der Waals surface area contributed by atoms with Gasteiger partial charge in [-0.1, -0.05) is 69.6 Å². The Hall–Kier alpha value is -2.94. The minimum absolute atomic E-state index is 0.0334. The molecule has 6 nitrogen and oxygen atoms in total. The van der Waals surface area contributed by atoms with Crippen LogP contribution in [0.3, 0.4) is 0 Å². The van der Waals surface area contributed by atoms with Crippen LogP contribution >= 0.6 is 39.3 Å². The van der Waals surface area contributed by atoms with E-state index < -0.39 is 0 Å². The van der Waals surface area contributed by atoms with Crippen molar-refractivity contribution in [3.63, 3.8) is 0 Å². The molecule has 0 radical (unpaired) electrons. The van der Waals surface area contributed by atoms with Crippen LogP contribution in [0.25, 0.3) is 16.6 Å². The van der Waals surface area contributed by atoms with Gasteiger partial charge in [0.2, 0.25) is 0 Å². The minimum Gasteiger partial charge on any atom is -0.272 e. The first-order chi connectivity index (χ1) is 15.5. The van der Waals surface area contributed by atoms with Gasteiger partial charge in [0.25, 0.3) is 11.5 Å². The standard InChI is InChI=1S/C23H16BrClN4O2S/c24-19-7-3-1-5-15(19)13-26-28-21(30)14-32-23-27-20-8-4-2-6-18(20)22(31)29(23)17-11-9-16(25)10-12-17/h1-13H,14H2,(H,28,30)/b26-13-. The lowest BCUT2D eigenvalue weighted by molar-refractivity contribution is -0.118. The van der Waals surface area contributed by atoms with Crippen LogP contribution in [0.4, 0.5) is 0 Å². The molecule has 0 saturated heterocycles. The van der Waals surface area contributed by atoms with Crippen LogP contribution in [0.2, 0.25) is 5.02 Å². The summed E-state index contributed by atoms with van der Waals surface area (Å²) in [6.07, 6.45) is 1.56. The Kier molecular flexibility index (Phi) is 7.04. The molecule has 32 heavy (non-hydrogen) atoms. The molecule has 1 aromatic heterocycles. The summed E-state index contributed by atoms with van der Waals surface area (Å²) in [6, 6.07) is 21.5. The summed E-state index contributed by atoms with van der Waals surface area (Å²) in [4.78, 5) is 30.1. The third-order valence-corrected chi connectivity index (χ3v) is 6.37. The Balaban J connectivity index is 1.57. The Bertz CT molecular complexity index is 1370. The molecule has 1 amide bonds. The highest BCUT2D eigenvalue weighted by Gasteiger charge is 2.14. The van der Waals surface area contributed by atoms with E-state index in [9.17, 15) is 9.59 Å². The van der Waals surface area contributed by atoms with E-state index in [-0.39, 0.29) is 17.2 Å². The van der Waals surface area contributed by atoms with Gasteiger partial charge < -0.3 is 0 Å². The summed E-state index contributed by atoms with van der Waals surface area (Å²) in [5.74, 6) is -0.283. The molecule has 0 atom stereocenters. The maximum Gasteiger partial charge on any atom is 0.266 e. The molecule has 0 unspecified atom stereocenters. The van der Waals surface area contributed by atoms with Crippen LogP contribution in [0.1, 0.15) is 5.56 Å². The zero-order valence-electron chi connectivity index (χ0n) is 16.5. The van der Waals surface area contributed by atoms with E-state index >= 15 is 0 Å². The van der Waals surface area contributed by atoms with Crippen molar-refractivity contribution < 1.29 is 4.79 Å². The minimum atomic E-state index is -0.316. The molecule has 1 N–H and O–H groups in total. The number of rotatable bonds is 6. The van der Waals surface area contributed by atoms with E-state index in [0.717, 1.165) is 21.8 Å². The topological polar surface area (TPSA) is 76.3 Å². The Morgan fingerprint density at radius 2 is 1.81 bits per heavy atom. The molecule has 0 bridgehead atoms. The lowest BCUT2D eigenvalue weighted by atomic mass is 10.2. The second-order valence-electron chi connectivity index (χ2n) is 6.63. The van der Waals surface area contributed by atoms with Gasteiger partial charge in [-0.15, -0.1) is 0 Å². The average molecular weight is 528 g/mol. The van der Waals surface area contributed by atoms with Crippen molar-refractivity contribution >= 4 is 62.3 Å². The van der Waals surface area contributed by atoms with Crippen LogP contribution in [0, 0.1) is 0 Å². The monoisotopic (exact) mass is 526 g/mol. The number of amides is 1. The summed E-state index contributed by atoms with van der Waals surface area (Å²) < 4.78 is 2.36. The quantitative estimate of drug-likeness (QED) is 0.165. The van der Waals surface area contributed by atoms with Gasteiger partial charge in [0.1, 0.15) is 0 Å². The van der Waals surface area contributed by atoms with E-state index in [1.807, 2.05) is 30.3 Å². The van der Waals surface area contributed by atoms with Crippen LogP contribution in [-0.4, -0.2) is 27.4 Å². The molecule has 0 aliphatic heterocycles. The first-order valence-corrected chi connectivity index (χ1v) is 11.7. The van der Waals surface area contributed by atoms with Gasteiger partial charge in [-0.05, 0) is 42.5 Å². The number of carbonyl (C=O) groups excluding carboxylic acids is 1. The Morgan fingerprint density at radius 3 is 2.59 bits per heavy atom. The van der Waals surface area contributed by atoms with Crippen LogP contribution in [0.15, 0.2) is 92.3 Å². The van der Waals surface area contributed by atoms with Gasteiger partial charge in [-0.25, -0.2) is 10.4 Å². The Labute approximate surface area is 201 Å². The number of halogens is 2. The highest BCUT2D eigenvalue weighted by molar-refractivity contribution is 9.10. The number of nitrogens with one attached hydrogen (secondary N) is 1. The molecule has 0 aliphatic carbocycles. The lowest BCUT2D eigenvalue weighted by Crippen LogP contribution is -2.24. The highest BCUT2D eigenvalue weighted by atomic mass is 79.9. The number of hydrogen-bond acceptors (Lipinski definition) is 5. The number of thioether (sulfide) groups is 1. The molecule has 4 rings (SSSR count). The number of hydrazone groups is 1. The fourth-order valence-electron chi connectivity index (χ4n) is 2.94. The second-order valence-corrected chi connectivity index (χ2v) is 8.87. The SMILES string of the molecule is O=C(CSc1nc2ccccc2c(=O)n1-c1ccc(Cl)cc1)N/N=C\c1ccccc1Br. The van der Waals surface area contributed by atoms with Crippen molar-refractivity contribution in [1.29, 1.82) is 0 Å². The molecule has 3 aromatic carbocycles. The molecule has 4 aromatic rings. The van der Waals surface area contributed by atoms with Crippen molar-refractivity contribution in [2.45, 2.75) is 5.16 Å². The summed E-state index contributed by atoms with van der Waals surface area (Å²) in [6.45, 7) is 0. The van der Waals surface area contributed by atoms with Crippen molar-refractivity contribution in [1.82, 2.24) is 15.0 Å². The molecule has 1 heterocycles. The molecule has 0 spiro atoms. The molecule has 160 valence electrons. The summed E-state index contributed by atoms with van der Waals surface area (Å²) in [5, 5.41) is 5.46. The van der Waals surface area contributed by atoms with Gasteiger partial charge in [-0.2, -0.15) is 5.10 Å². The number of benzene rings is 3. The third kappa shape index (κ3) is 5.09. The fraction of sp³-hybridized carbons (Fsp3) is 0.0435. The number of nitrogens with zero attached hydrogens (tertiary/aromatic N) is 3. The van der Waals surface area contributed by atoms with Gasteiger partial charge in [0, 0.05) is 15.1 Å². The smallest absolute Gasteiger partial charge is 0.266 e.